The van der Waals surface area contributed by atoms with Gasteiger partial charge in [-0.2, -0.15) is 13.2 Å². The average molecular weight is 468 g/mol. The highest BCUT2D eigenvalue weighted by molar-refractivity contribution is 5.80. The van der Waals surface area contributed by atoms with Crippen LogP contribution in [0.1, 0.15) is 43.7 Å². The molecule has 0 radical (unpaired) electrons. The Kier molecular flexibility index (Phi) is 9.46. The van der Waals surface area contributed by atoms with Crippen molar-refractivity contribution in [1.82, 2.24) is 15.1 Å². The number of anilines is 1. The Morgan fingerprint density at radius 1 is 1.24 bits per heavy atom. The number of hydroxylamine groups is 2. The summed E-state index contributed by atoms with van der Waals surface area (Å²) in [7, 11) is 0. The van der Waals surface area contributed by atoms with Crippen LogP contribution >= 0.6 is 0 Å². The summed E-state index contributed by atoms with van der Waals surface area (Å²) in [6, 6.07) is 7.42. The highest BCUT2D eigenvalue weighted by atomic mass is 19.4. The van der Waals surface area contributed by atoms with Gasteiger partial charge in [0, 0.05) is 12.3 Å². The van der Waals surface area contributed by atoms with Crippen LogP contribution in [-0.2, 0) is 22.3 Å². The number of nitrogens with zero attached hydrogens (tertiary/aromatic N) is 2. The van der Waals surface area contributed by atoms with Gasteiger partial charge in [0.25, 0.3) is 5.56 Å². The molecule has 2 rings (SSSR count). The van der Waals surface area contributed by atoms with Crippen molar-refractivity contribution in [1.29, 1.82) is 0 Å². The van der Waals surface area contributed by atoms with E-state index in [1.165, 1.54) is 35.0 Å². The number of aromatic nitrogens is 1. The number of unbranched alkanes of at least 4 members (excludes halogenated alkanes) is 2. The normalized spacial score (nSPS) is 12.2. The van der Waals surface area contributed by atoms with Gasteiger partial charge < -0.3 is 4.57 Å². The fourth-order valence-electron chi connectivity index (χ4n) is 3.21. The van der Waals surface area contributed by atoms with E-state index >= 15 is 0 Å². The molecule has 3 N–H and O–H groups in total. The minimum atomic E-state index is -4.47. The molecule has 11 heteroatoms. The first-order valence-electron chi connectivity index (χ1n) is 10.5. The summed E-state index contributed by atoms with van der Waals surface area (Å²) in [6.45, 7) is 1.79. The van der Waals surface area contributed by atoms with Gasteiger partial charge in [-0.15, -0.1) is 0 Å². The number of hydrazine groups is 1. The number of carbonyl (C=O) groups excluding carboxylic acids is 2. The van der Waals surface area contributed by atoms with Crippen LogP contribution in [0, 0.1) is 5.92 Å². The van der Waals surface area contributed by atoms with Crippen LogP contribution in [0.2, 0.25) is 0 Å². The molecule has 0 fully saturated rings. The lowest BCUT2D eigenvalue weighted by atomic mass is 10.0. The molecule has 0 spiro atoms. The first kappa shape index (κ1) is 25.9. The molecule has 2 amide bonds. The lowest BCUT2D eigenvalue weighted by molar-refractivity contribution is -0.154. The standard InChI is InChI=1S/C22H27F3N4O4/c1-2-3-4-7-17(14-29(33)15-30)21(32)27-26-19-9-10-28(20(31)12-19)13-16-6-5-8-18(11-16)22(23,24)25/h5-6,8-12,15,17,26,33H,2-4,7,13-14H2,1H3,(H,27,32). The van der Waals surface area contributed by atoms with E-state index in [2.05, 4.69) is 10.9 Å². The molecule has 0 saturated carbocycles. The van der Waals surface area contributed by atoms with E-state index in [9.17, 15) is 32.8 Å². The number of pyridine rings is 1. The molecular formula is C22H27F3N4O4. The van der Waals surface area contributed by atoms with Crippen molar-refractivity contribution < 1.29 is 28.0 Å². The molecule has 0 aliphatic rings. The molecule has 180 valence electrons. The lowest BCUT2D eigenvalue weighted by Gasteiger charge is -2.20. The summed E-state index contributed by atoms with van der Waals surface area (Å²) in [5.74, 6) is -1.11. The molecule has 0 saturated heterocycles. The number of halogens is 3. The number of hydrogen-bond donors (Lipinski definition) is 3. The number of amides is 2. The van der Waals surface area contributed by atoms with Gasteiger partial charge in [-0.1, -0.05) is 38.3 Å². The number of hydrogen-bond acceptors (Lipinski definition) is 5. The van der Waals surface area contributed by atoms with Gasteiger partial charge in [0.05, 0.1) is 30.3 Å². The predicted octanol–water partition coefficient (Wildman–Crippen LogP) is 3.40. The van der Waals surface area contributed by atoms with Gasteiger partial charge in [-0.05, 0) is 30.2 Å². The molecule has 1 aromatic heterocycles. The second-order valence-corrected chi connectivity index (χ2v) is 7.61. The van der Waals surface area contributed by atoms with Crippen LogP contribution < -0.4 is 16.4 Å². The first-order chi connectivity index (χ1) is 15.6. The van der Waals surface area contributed by atoms with Gasteiger partial charge in [0.1, 0.15) is 0 Å². The molecule has 33 heavy (non-hydrogen) atoms. The average Bonchev–Trinajstić information content (AvgIpc) is 2.78. The molecular weight excluding hydrogens is 441 g/mol. The van der Waals surface area contributed by atoms with Crippen molar-refractivity contribution in [2.24, 2.45) is 5.92 Å². The Hall–Kier alpha value is -3.34. The summed E-state index contributed by atoms with van der Waals surface area (Å²) >= 11 is 0. The molecule has 8 nitrogen and oxygen atoms in total. The third-order valence-corrected chi connectivity index (χ3v) is 4.99. The maximum absolute atomic E-state index is 12.9. The second-order valence-electron chi connectivity index (χ2n) is 7.61. The van der Waals surface area contributed by atoms with Crippen molar-refractivity contribution in [3.63, 3.8) is 0 Å². The Bertz CT molecular complexity index is 994. The van der Waals surface area contributed by atoms with E-state index in [1.54, 1.807) is 0 Å². The first-order valence-corrected chi connectivity index (χ1v) is 10.5. The van der Waals surface area contributed by atoms with Crippen LogP contribution in [0.3, 0.4) is 0 Å². The Labute approximate surface area is 188 Å². The zero-order valence-electron chi connectivity index (χ0n) is 18.1. The van der Waals surface area contributed by atoms with Crippen molar-refractivity contribution >= 4 is 18.0 Å². The van der Waals surface area contributed by atoms with E-state index in [-0.39, 0.29) is 25.2 Å². The number of alkyl halides is 3. The highest BCUT2D eigenvalue weighted by Gasteiger charge is 2.30. The molecule has 1 heterocycles. The van der Waals surface area contributed by atoms with E-state index < -0.39 is 29.1 Å². The Morgan fingerprint density at radius 2 is 2.00 bits per heavy atom. The van der Waals surface area contributed by atoms with Crippen LogP contribution in [0.5, 0.6) is 0 Å². The fraction of sp³-hybridized carbons (Fsp3) is 0.409. The quantitative estimate of drug-likeness (QED) is 0.192. The van der Waals surface area contributed by atoms with Gasteiger partial charge in [-0.3, -0.25) is 30.4 Å². The maximum atomic E-state index is 12.9. The summed E-state index contributed by atoms with van der Waals surface area (Å²) in [4.78, 5) is 35.5. The van der Waals surface area contributed by atoms with Gasteiger partial charge in [0.2, 0.25) is 12.3 Å². The van der Waals surface area contributed by atoms with Gasteiger partial charge >= 0.3 is 6.18 Å². The lowest BCUT2D eigenvalue weighted by Crippen LogP contribution is -2.40. The van der Waals surface area contributed by atoms with Crippen molar-refractivity contribution in [2.45, 2.75) is 45.3 Å². The maximum Gasteiger partial charge on any atom is 0.416 e. The minimum absolute atomic E-state index is 0.0487. The predicted molar refractivity (Wildman–Crippen MR) is 115 cm³/mol. The fourth-order valence-corrected chi connectivity index (χ4v) is 3.21. The van der Waals surface area contributed by atoms with Crippen LogP contribution in [0.4, 0.5) is 18.9 Å². The molecule has 0 bridgehead atoms. The van der Waals surface area contributed by atoms with E-state index in [0.717, 1.165) is 31.4 Å². The van der Waals surface area contributed by atoms with Crippen LogP contribution in [-0.4, -0.2) is 33.7 Å². The van der Waals surface area contributed by atoms with E-state index in [4.69, 9.17) is 0 Å². The second kappa shape index (κ2) is 12.0. The Morgan fingerprint density at radius 3 is 2.64 bits per heavy atom. The molecule has 2 aromatic rings. The molecule has 1 atom stereocenters. The third-order valence-electron chi connectivity index (χ3n) is 4.99. The summed E-state index contributed by atoms with van der Waals surface area (Å²) in [6.07, 6.45) is 0.195. The van der Waals surface area contributed by atoms with Crippen molar-refractivity contribution in [2.75, 3.05) is 12.0 Å². The van der Waals surface area contributed by atoms with Crippen LogP contribution in [0.25, 0.3) is 0 Å². The number of benzene rings is 1. The summed E-state index contributed by atoms with van der Waals surface area (Å²) in [5.41, 5.74) is 4.40. The third kappa shape index (κ3) is 8.26. The molecule has 0 aliphatic heterocycles. The zero-order chi connectivity index (χ0) is 24.4. The van der Waals surface area contributed by atoms with Gasteiger partial charge in [-0.25, -0.2) is 5.06 Å². The molecule has 0 aliphatic carbocycles. The Balaban J connectivity index is 2.02. The number of carbonyl (C=O) groups is 2. The molecule has 1 aromatic carbocycles. The minimum Gasteiger partial charge on any atom is -0.311 e. The van der Waals surface area contributed by atoms with E-state index in [1.807, 2.05) is 6.92 Å². The van der Waals surface area contributed by atoms with Crippen molar-refractivity contribution in [3.8, 4) is 0 Å². The van der Waals surface area contributed by atoms with Gasteiger partial charge in [0.15, 0.2) is 0 Å². The van der Waals surface area contributed by atoms with Crippen molar-refractivity contribution in [3.05, 3.63) is 64.1 Å². The summed E-state index contributed by atoms with van der Waals surface area (Å²) < 4.78 is 39.9. The smallest absolute Gasteiger partial charge is 0.311 e. The number of rotatable bonds is 12. The zero-order valence-corrected chi connectivity index (χ0v) is 18.1. The van der Waals surface area contributed by atoms with E-state index in [0.29, 0.717) is 17.0 Å². The largest absolute Gasteiger partial charge is 0.416 e. The topological polar surface area (TPSA) is 104 Å². The van der Waals surface area contributed by atoms with Crippen LogP contribution in [0.15, 0.2) is 47.4 Å². The monoisotopic (exact) mass is 468 g/mol. The molecule has 1 unspecified atom stereocenters. The highest BCUT2D eigenvalue weighted by Crippen LogP contribution is 2.29. The number of nitrogens with one attached hydrogen (secondary N) is 2. The SMILES string of the molecule is CCCCCC(CN(O)C=O)C(=O)NNc1ccn(Cc2cccc(C(F)(F)F)c2)c(=O)c1. The summed E-state index contributed by atoms with van der Waals surface area (Å²) in [5, 5.41) is 9.84.